The normalized spacial score (nSPS) is 10.6. The summed E-state index contributed by atoms with van der Waals surface area (Å²) in [5.74, 6) is -0.392. The average molecular weight is 434 g/mol. The molecule has 31 heavy (non-hydrogen) atoms. The molecule has 4 rings (SSSR count). The molecule has 0 aliphatic heterocycles. The predicted molar refractivity (Wildman–Crippen MR) is 124 cm³/mol. The average Bonchev–Trinajstić information content (AvgIpc) is 3.18. The maximum atomic E-state index is 12.3. The van der Waals surface area contributed by atoms with Crippen molar-refractivity contribution in [2.45, 2.75) is 6.92 Å². The third kappa shape index (κ3) is 4.87. The van der Waals surface area contributed by atoms with Gasteiger partial charge in [-0.15, -0.1) is 0 Å². The number of urea groups is 1. The molecule has 0 radical (unpaired) electrons. The highest BCUT2D eigenvalue weighted by atomic mass is 35.5. The Morgan fingerprint density at radius 3 is 2.19 bits per heavy atom. The van der Waals surface area contributed by atoms with Crippen molar-refractivity contribution >= 4 is 45.9 Å². The van der Waals surface area contributed by atoms with E-state index in [-0.39, 0.29) is 6.03 Å². The van der Waals surface area contributed by atoms with Gasteiger partial charge in [0.2, 0.25) is 0 Å². The zero-order valence-electron chi connectivity index (χ0n) is 16.7. The second kappa shape index (κ2) is 8.93. The first kappa shape index (κ1) is 20.5. The van der Waals surface area contributed by atoms with Crippen molar-refractivity contribution in [1.82, 2.24) is 4.98 Å². The maximum Gasteiger partial charge on any atom is 0.338 e. The number of rotatable bonds is 5. The minimum absolute atomic E-state index is 0.314. The van der Waals surface area contributed by atoms with Gasteiger partial charge in [0.25, 0.3) is 0 Å². The lowest BCUT2D eigenvalue weighted by Crippen LogP contribution is -2.19. The summed E-state index contributed by atoms with van der Waals surface area (Å²) >= 11 is 6.05. The lowest BCUT2D eigenvalue weighted by molar-refractivity contribution is 0.0526. The van der Waals surface area contributed by atoms with Crippen molar-refractivity contribution in [2.24, 2.45) is 0 Å². The number of carbonyl (C=O) groups is 2. The lowest BCUT2D eigenvalue weighted by atomic mass is 10.1. The molecule has 0 saturated heterocycles. The summed E-state index contributed by atoms with van der Waals surface area (Å²) in [5, 5.41) is 7.26. The van der Waals surface area contributed by atoms with E-state index >= 15 is 0 Å². The number of fused-ring (bicyclic) bond motifs is 1. The van der Waals surface area contributed by atoms with E-state index < -0.39 is 5.97 Å². The van der Waals surface area contributed by atoms with E-state index in [1.165, 1.54) is 0 Å². The molecule has 6 nitrogen and oxygen atoms in total. The number of carbonyl (C=O) groups excluding carboxylic acids is 2. The Kier molecular flexibility index (Phi) is 5.91. The highest BCUT2D eigenvalue weighted by molar-refractivity contribution is 6.31. The van der Waals surface area contributed by atoms with Crippen LogP contribution in [0.1, 0.15) is 17.3 Å². The molecule has 1 aromatic heterocycles. The van der Waals surface area contributed by atoms with Crippen molar-refractivity contribution in [1.29, 1.82) is 0 Å². The van der Waals surface area contributed by atoms with Gasteiger partial charge in [-0.3, -0.25) is 0 Å². The first-order chi connectivity index (χ1) is 15.0. The molecule has 0 aliphatic rings. The fourth-order valence-corrected chi connectivity index (χ4v) is 3.37. The van der Waals surface area contributed by atoms with Crippen LogP contribution < -0.4 is 10.6 Å². The summed E-state index contributed by atoms with van der Waals surface area (Å²) in [6.07, 6.45) is 0. The highest BCUT2D eigenvalue weighted by Crippen LogP contribution is 2.27. The summed E-state index contributed by atoms with van der Waals surface area (Å²) in [4.78, 5) is 27.3. The molecule has 0 spiro atoms. The monoisotopic (exact) mass is 433 g/mol. The van der Waals surface area contributed by atoms with Gasteiger partial charge in [0.05, 0.1) is 12.2 Å². The van der Waals surface area contributed by atoms with Crippen LogP contribution in [-0.2, 0) is 4.74 Å². The summed E-state index contributed by atoms with van der Waals surface area (Å²) < 4.78 is 4.95. The number of benzene rings is 3. The second-order valence-electron chi connectivity index (χ2n) is 6.87. The van der Waals surface area contributed by atoms with Crippen LogP contribution in [-0.4, -0.2) is 23.6 Å². The number of aromatic amines is 1. The molecule has 0 aliphatic carbocycles. The van der Waals surface area contributed by atoms with Gasteiger partial charge in [0.1, 0.15) is 0 Å². The van der Waals surface area contributed by atoms with Gasteiger partial charge in [-0.1, -0.05) is 23.7 Å². The summed E-state index contributed by atoms with van der Waals surface area (Å²) in [7, 11) is 0. The van der Waals surface area contributed by atoms with Crippen LogP contribution in [0.3, 0.4) is 0 Å². The third-order valence-electron chi connectivity index (χ3n) is 4.69. The smallest absolute Gasteiger partial charge is 0.338 e. The molecule has 0 atom stereocenters. The number of esters is 1. The van der Waals surface area contributed by atoms with E-state index in [0.717, 1.165) is 22.2 Å². The molecule has 3 N–H and O–H groups in total. The maximum absolute atomic E-state index is 12.3. The van der Waals surface area contributed by atoms with Gasteiger partial charge in [0, 0.05) is 33.0 Å². The molecule has 4 aromatic rings. The zero-order valence-corrected chi connectivity index (χ0v) is 17.5. The van der Waals surface area contributed by atoms with Gasteiger partial charge in [0.15, 0.2) is 0 Å². The molecule has 0 saturated carbocycles. The Balaban J connectivity index is 1.39. The molecule has 3 aromatic carbocycles. The number of halogens is 1. The number of anilines is 2. The third-order valence-corrected chi connectivity index (χ3v) is 4.93. The minimum Gasteiger partial charge on any atom is -0.462 e. The van der Waals surface area contributed by atoms with Crippen LogP contribution in [0.15, 0.2) is 72.8 Å². The minimum atomic E-state index is -0.392. The zero-order chi connectivity index (χ0) is 21.8. The number of hydrogen-bond acceptors (Lipinski definition) is 3. The Morgan fingerprint density at radius 1 is 0.903 bits per heavy atom. The van der Waals surface area contributed by atoms with E-state index in [0.29, 0.717) is 28.6 Å². The Hall–Kier alpha value is -3.77. The van der Waals surface area contributed by atoms with E-state index in [1.807, 2.05) is 48.5 Å². The Labute approximate surface area is 184 Å². The number of nitrogens with one attached hydrogen (secondary N) is 3. The molecule has 1 heterocycles. The van der Waals surface area contributed by atoms with Crippen LogP contribution in [0.25, 0.3) is 22.2 Å². The summed E-state index contributed by atoms with van der Waals surface area (Å²) in [6, 6.07) is 21.4. The largest absolute Gasteiger partial charge is 0.462 e. The number of ether oxygens (including phenoxy) is 1. The van der Waals surface area contributed by atoms with Crippen molar-refractivity contribution in [3.8, 4) is 11.3 Å². The molecule has 156 valence electrons. The van der Waals surface area contributed by atoms with Crippen LogP contribution in [0.4, 0.5) is 16.2 Å². The standard InChI is InChI=1S/C24H20ClN3O3/c1-2-31-23(29)16-5-10-20(11-6-16)27-24(30)26-19-8-3-15(4-9-19)22-14-17-13-18(25)7-12-21(17)28-22/h3-14,28H,2H2,1H3,(H2,26,27,30). The molecule has 2 amide bonds. The van der Waals surface area contributed by atoms with Crippen LogP contribution >= 0.6 is 11.6 Å². The fourth-order valence-electron chi connectivity index (χ4n) is 3.19. The quantitative estimate of drug-likeness (QED) is 0.322. The first-order valence-electron chi connectivity index (χ1n) is 9.76. The Bertz CT molecular complexity index is 1230. The molecule has 0 unspecified atom stereocenters. The molecule has 0 fully saturated rings. The SMILES string of the molecule is CCOC(=O)c1ccc(NC(=O)Nc2ccc(-c3cc4cc(Cl)ccc4[nH]3)cc2)cc1. The Morgan fingerprint density at radius 2 is 1.55 bits per heavy atom. The van der Waals surface area contributed by atoms with Crippen molar-refractivity contribution < 1.29 is 14.3 Å². The van der Waals surface area contributed by atoms with Crippen molar-refractivity contribution in [3.63, 3.8) is 0 Å². The molecular weight excluding hydrogens is 414 g/mol. The van der Waals surface area contributed by atoms with Gasteiger partial charge < -0.3 is 20.4 Å². The first-order valence-corrected chi connectivity index (χ1v) is 10.1. The van der Waals surface area contributed by atoms with Crippen LogP contribution in [0, 0.1) is 0 Å². The van der Waals surface area contributed by atoms with E-state index in [9.17, 15) is 9.59 Å². The number of hydrogen-bond donors (Lipinski definition) is 3. The lowest BCUT2D eigenvalue weighted by Gasteiger charge is -2.09. The molecular formula is C24H20ClN3O3. The summed E-state index contributed by atoms with van der Waals surface area (Å²) in [6.45, 7) is 2.07. The molecule has 0 bridgehead atoms. The fraction of sp³-hybridized carbons (Fsp3) is 0.0833. The highest BCUT2D eigenvalue weighted by Gasteiger charge is 2.08. The van der Waals surface area contributed by atoms with E-state index in [2.05, 4.69) is 15.6 Å². The van der Waals surface area contributed by atoms with Crippen molar-refractivity contribution in [3.05, 3.63) is 83.4 Å². The topological polar surface area (TPSA) is 83.2 Å². The number of H-pyrrole nitrogens is 1. The summed E-state index contributed by atoms with van der Waals surface area (Å²) in [5.41, 5.74) is 4.63. The molecule has 7 heteroatoms. The predicted octanol–water partition coefficient (Wildman–Crippen LogP) is 6.31. The van der Waals surface area contributed by atoms with Crippen LogP contribution in [0.5, 0.6) is 0 Å². The van der Waals surface area contributed by atoms with E-state index in [4.69, 9.17) is 16.3 Å². The van der Waals surface area contributed by atoms with Crippen LogP contribution in [0.2, 0.25) is 5.02 Å². The van der Waals surface area contributed by atoms with Gasteiger partial charge in [-0.25, -0.2) is 9.59 Å². The number of amides is 2. The van der Waals surface area contributed by atoms with Gasteiger partial charge >= 0.3 is 12.0 Å². The van der Waals surface area contributed by atoms with Gasteiger partial charge in [-0.05, 0) is 73.2 Å². The number of aromatic nitrogens is 1. The van der Waals surface area contributed by atoms with Gasteiger partial charge in [-0.2, -0.15) is 0 Å². The van der Waals surface area contributed by atoms with Crippen molar-refractivity contribution in [2.75, 3.05) is 17.2 Å². The van der Waals surface area contributed by atoms with E-state index in [1.54, 1.807) is 31.2 Å². The second-order valence-corrected chi connectivity index (χ2v) is 7.31.